The first kappa shape index (κ1) is 17.0. The van der Waals surface area contributed by atoms with Crippen molar-refractivity contribution in [2.75, 3.05) is 0 Å². The zero-order valence-electron chi connectivity index (χ0n) is 14.9. The van der Waals surface area contributed by atoms with Crippen molar-refractivity contribution in [3.8, 4) is 0 Å². The Morgan fingerprint density at radius 2 is 1.88 bits per heavy atom. The third-order valence-electron chi connectivity index (χ3n) is 4.49. The molecule has 0 saturated heterocycles. The van der Waals surface area contributed by atoms with Gasteiger partial charge in [-0.1, -0.05) is 48.5 Å². The SMILES string of the molecule is Cc1ccc(CC(=O)NC(c2ccccc2)c2nccn2C)cc1C. The monoisotopic (exact) mass is 333 g/mol. The minimum atomic E-state index is -0.264. The molecule has 0 spiro atoms. The number of imidazole rings is 1. The number of rotatable bonds is 5. The van der Waals surface area contributed by atoms with E-state index in [1.807, 2.05) is 54.2 Å². The summed E-state index contributed by atoms with van der Waals surface area (Å²) in [7, 11) is 1.94. The molecule has 1 atom stereocenters. The zero-order valence-corrected chi connectivity index (χ0v) is 14.9. The van der Waals surface area contributed by atoms with Crippen molar-refractivity contribution >= 4 is 5.91 Å². The molecule has 1 N–H and O–H groups in total. The fourth-order valence-corrected chi connectivity index (χ4v) is 2.91. The summed E-state index contributed by atoms with van der Waals surface area (Å²) in [4.78, 5) is 17.1. The molecule has 0 aliphatic heterocycles. The second-order valence-corrected chi connectivity index (χ2v) is 6.40. The minimum absolute atomic E-state index is 0.0138. The van der Waals surface area contributed by atoms with Gasteiger partial charge in [-0.05, 0) is 36.1 Å². The van der Waals surface area contributed by atoms with E-state index in [0.717, 1.165) is 17.0 Å². The second-order valence-electron chi connectivity index (χ2n) is 6.40. The van der Waals surface area contributed by atoms with Gasteiger partial charge in [-0.2, -0.15) is 0 Å². The van der Waals surface area contributed by atoms with Crippen LogP contribution in [0, 0.1) is 13.8 Å². The van der Waals surface area contributed by atoms with Crippen molar-refractivity contribution in [1.29, 1.82) is 0 Å². The van der Waals surface area contributed by atoms with E-state index in [1.165, 1.54) is 11.1 Å². The maximum absolute atomic E-state index is 12.7. The number of hydrogen-bond acceptors (Lipinski definition) is 2. The molecular weight excluding hydrogens is 310 g/mol. The van der Waals surface area contributed by atoms with Gasteiger partial charge in [0, 0.05) is 19.4 Å². The molecule has 1 amide bonds. The molecule has 0 aliphatic carbocycles. The minimum Gasteiger partial charge on any atom is -0.342 e. The first-order valence-corrected chi connectivity index (χ1v) is 8.42. The van der Waals surface area contributed by atoms with Crippen LogP contribution in [0.15, 0.2) is 60.9 Å². The van der Waals surface area contributed by atoms with E-state index in [-0.39, 0.29) is 11.9 Å². The summed E-state index contributed by atoms with van der Waals surface area (Å²) in [5.74, 6) is 0.805. The molecule has 2 aromatic carbocycles. The van der Waals surface area contributed by atoms with E-state index in [9.17, 15) is 4.79 Å². The van der Waals surface area contributed by atoms with Crippen molar-refractivity contribution in [3.05, 3.63) is 89.0 Å². The highest BCUT2D eigenvalue weighted by Gasteiger charge is 2.20. The van der Waals surface area contributed by atoms with E-state index in [0.29, 0.717) is 6.42 Å². The Labute approximate surface area is 148 Å². The summed E-state index contributed by atoms with van der Waals surface area (Å²) >= 11 is 0. The van der Waals surface area contributed by atoms with Gasteiger partial charge in [-0.3, -0.25) is 4.79 Å². The van der Waals surface area contributed by atoms with Crippen LogP contribution in [-0.4, -0.2) is 15.5 Å². The van der Waals surface area contributed by atoms with E-state index in [4.69, 9.17) is 0 Å². The van der Waals surface area contributed by atoms with E-state index in [1.54, 1.807) is 6.20 Å². The number of hydrogen-bond donors (Lipinski definition) is 1. The molecule has 3 rings (SSSR count). The van der Waals surface area contributed by atoms with Crippen LogP contribution >= 0.6 is 0 Å². The zero-order chi connectivity index (χ0) is 17.8. The lowest BCUT2D eigenvalue weighted by atomic mass is 10.0. The number of nitrogens with zero attached hydrogens (tertiary/aromatic N) is 2. The molecule has 1 unspecified atom stereocenters. The summed E-state index contributed by atoms with van der Waals surface area (Å²) in [6, 6.07) is 15.8. The topological polar surface area (TPSA) is 46.9 Å². The third kappa shape index (κ3) is 3.97. The van der Waals surface area contributed by atoms with Crippen LogP contribution in [0.25, 0.3) is 0 Å². The van der Waals surface area contributed by atoms with Crippen LogP contribution < -0.4 is 5.32 Å². The average molecular weight is 333 g/mol. The number of aromatic nitrogens is 2. The van der Waals surface area contributed by atoms with Gasteiger partial charge in [-0.15, -0.1) is 0 Å². The van der Waals surface area contributed by atoms with E-state index in [2.05, 4.69) is 36.3 Å². The summed E-state index contributed by atoms with van der Waals surface area (Å²) in [5, 5.41) is 3.14. The molecule has 0 radical (unpaired) electrons. The largest absolute Gasteiger partial charge is 0.342 e. The number of nitrogens with one attached hydrogen (secondary N) is 1. The Morgan fingerprint density at radius 1 is 1.12 bits per heavy atom. The molecular formula is C21H23N3O. The Kier molecular flexibility index (Phi) is 4.98. The van der Waals surface area contributed by atoms with Crippen LogP contribution in [0.2, 0.25) is 0 Å². The Balaban J connectivity index is 1.81. The van der Waals surface area contributed by atoms with Crippen molar-refractivity contribution in [2.24, 2.45) is 7.05 Å². The van der Waals surface area contributed by atoms with Gasteiger partial charge in [0.25, 0.3) is 0 Å². The number of aryl methyl sites for hydroxylation is 3. The van der Waals surface area contributed by atoms with Crippen LogP contribution in [0.3, 0.4) is 0 Å². The fourth-order valence-electron chi connectivity index (χ4n) is 2.91. The standard InChI is InChI=1S/C21H23N3O/c1-15-9-10-17(13-16(15)2)14-19(25)23-20(18-7-5-4-6-8-18)21-22-11-12-24(21)3/h4-13,20H,14H2,1-3H3,(H,23,25). The van der Waals surface area contributed by atoms with Crippen LogP contribution in [0.1, 0.15) is 34.1 Å². The van der Waals surface area contributed by atoms with E-state index < -0.39 is 0 Å². The van der Waals surface area contributed by atoms with Gasteiger partial charge in [-0.25, -0.2) is 4.98 Å². The fraction of sp³-hybridized carbons (Fsp3) is 0.238. The van der Waals surface area contributed by atoms with Gasteiger partial charge >= 0.3 is 0 Å². The summed E-state index contributed by atoms with van der Waals surface area (Å²) in [6.07, 6.45) is 4.00. The van der Waals surface area contributed by atoms with Gasteiger partial charge in [0.05, 0.1) is 6.42 Å². The van der Waals surface area contributed by atoms with Crippen LogP contribution in [0.5, 0.6) is 0 Å². The smallest absolute Gasteiger partial charge is 0.225 e. The van der Waals surface area contributed by atoms with E-state index >= 15 is 0 Å². The summed E-state index contributed by atoms with van der Waals surface area (Å²) in [5.41, 5.74) is 4.48. The molecule has 128 valence electrons. The molecule has 0 bridgehead atoms. The van der Waals surface area contributed by atoms with Gasteiger partial charge < -0.3 is 9.88 Å². The lowest BCUT2D eigenvalue weighted by Crippen LogP contribution is -2.32. The molecule has 25 heavy (non-hydrogen) atoms. The first-order chi connectivity index (χ1) is 12.0. The molecule has 1 heterocycles. The Morgan fingerprint density at radius 3 is 2.52 bits per heavy atom. The normalized spacial score (nSPS) is 12.0. The maximum Gasteiger partial charge on any atom is 0.225 e. The highest BCUT2D eigenvalue weighted by atomic mass is 16.1. The molecule has 3 aromatic rings. The predicted octanol–water partition coefficient (Wildman–Crippen LogP) is 3.49. The average Bonchev–Trinajstić information content (AvgIpc) is 3.03. The molecule has 0 saturated carbocycles. The van der Waals surface area contributed by atoms with Crippen LogP contribution in [-0.2, 0) is 18.3 Å². The number of carbonyl (C=O) groups excluding carboxylic acids is 1. The lowest BCUT2D eigenvalue weighted by Gasteiger charge is -2.19. The molecule has 0 aliphatic rings. The van der Waals surface area contributed by atoms with Gasteiger partial charge in [0.15, 0.2) is 0 Å². The molecule has 4 nitrogen and oxygen atoms in total. The molecule has 0 fully saturated rings. The lowest BCUT2D eigenvalue weighted by molar-refractivity contribution is -0.121. The van der Waals surface area contributed by atoms with Crippen molar-refractivity contribution in [1.82, 2.24) is 14.9 Å². The molecule has 1 aromatic heterocycles. The van der Waals surface area contributed by atoms with Crippen molar-refractivity contribution in [2.45, 2.75) is 26.3 Å². The molecule has 4 heteroatoms. The maximum atomic E-state index is 12.7. The first-order valence-electron chi connectivity index (χ1n) is 8.42. The van der Waals surface area contributed by atoms with Gasteiger partial charge in [0.2, 0.25) is 5.91 Å². The van der Waals surface area contributed by atoms with Crippen molar-refractivity contribution < 1.29 is 4.79 Å². The highest BCUT2D eigenvalue weighted by molar-refractivity contribution is 5.79. The number of amides is 1. The third-order valence-corrected chi connectivity index (χ3v) is 4.49. The number of carbonyl (C=O) groups is 1. The Hall–Kier alpha value is -2.88. The summed E-state index contributed by atoms with van der Waals surface area (Å²) < 4.78 is 1.94. The van der Waals surface area contributed by atoms with Crippen LogP contribution in [0.4, 0.5) is 0 Å². The van der Waals surface area contributed by atoms with Crippen molar-refractivity contribution in [3.63, 3.8) is 0 Å². The highest BCUT2D eigenvalue weighted by Crippen LogP contribution is 2.20. The quantitative estimate of drug-likeness (QED) is 0.777. The predicted molar refractivity (Wildman–Crippen MR) is 99.3 cm³/mol. The number of benzene rings is 2. The summed E-state index contributed by atoms with van der Waals surface area (Å²) in [6.45, 7) is 4.14. The Bertz CT molecular complexity index is 868. The second kappa shape index (κ2) is 7.34. The van der Waals surface area contributed by atoms with Gasteiger partial charge in [0.1, 0.15) is 11.9 Å².